The van der Waals surface area contributed by atoms with E-state index in [1.54, 1.807) is 24.3 Å². The molecule has 2 aromatic carbocycles. The van der Waals surface area contributed by atoms with E-state index in [0.717, 1.165) is 17.7 Å². The van der Waals surface area contributed by atoms with Crippen molar-refractivity contribution in [2.75, 3.05) is 5.32 Å². The minimum absolute atomic E-state index is 0.0659. The Morgan fingerprint density at radius 2 is 1.64 bits per heavy atom. The third-order valence-corrected chi connectivity index (χ3v) is 4.79. The smallest absolute Gasteiger partial charge is 0.251 e. The van der Waals surface area contributed by atoms with Crippen molar-refractivity contribution in [3.63, 3.8) is 0 Å². The average Bonchev–Trinajstić information content (AvgIpc) is 3.33. The van der Waals surface area contributed by atoms with E-state index in [4.69, 9.17) is 0 Å². The number of hydrogen-bond donors (Lipinski definition) is 2. The average molecular weight is 336 g/mol. The lowest BCUT2D eigenvalue weighted by Gasteiger charge is -2.15. The molecule has 1 aliphatic carbocycles. The number of amides is 2. The van der Waals surface area contributed by atoms with Crippen molar-refractivity contribution in [3.05, 3.63) is 65.2 Å². The van der Waals surface area contributed by atoms with Gasteiger partial charge in [-0.2, -0.15) is 0 Å². The minimum Gasteiger partial charge on any atom is -0.346 e. The first-order valence-electron chi connectivity index (χ1n) is 8.72. The van der Waals surface area contributed by atoms with Gasteiger partial charge >= 0.3 is 0 Å². The van der Waals surface area contributed by atoms with Crippen molar-refractivity contribution in [1.29, 1.82) is 0 Å². The molecule has 130 valence electrons. The molecule has 1 saturated carbocycles. The number of rotatable bonds is 5. The molecule has 0 heterocycles. The Bertz CT molecular complexity index is 765. The second-order valence-corrected chi connectivity index (χ2v) is 6.99. The minimum atomic E-state index is -0.123. The van der Waals surface area contributed by atoms with Crippen LogP contribution < -0.4 is 10.6 Å². The van der Waals surface area contributed by atoms with E-state index >= 15 is 0 Å². The number of hydrogen-bond acceptors (Lipinski definition) is 2. The van der Waals surface area contributed by atoms with Gasteiger partial charge in [0.05, 0.1) is 6.04 Å². The first-order chi connectivity index (χ1) is 11.9. The van der Waals surface area contributed by atoms with Gasteiger partial charge in [0.1, 0.15) is 0 Å². The molecule has 0 aromatic heterocycles. The predicted octanol–water partition coefficient (Wildman–Crippen LogP) is 4.08. The summed E-state index contributed by atoms with van der Waals surface area (Å²) >= 11 is 0. The maximum absolute atomic E-state index is 12.4. The van der Waals surface area contributed by atoms with Crippen LogP contribution in [0.3, 0.4) is 0 Å². The molecule has 1 aliphatic rings. The van der Waals surface area contributed by atoms with Crippen LogP contribution in [0.1, 0.15) is 47.8 Å². The summed E-state index contributed by atoms with van der Waals surface area (Å²) in [6.45, 7) is 6.08. The molecule has 0 spiro atoms. The molecule has 25 heavy (non-hydrogen) atoms. The lowest BCUT2D eigenvalue weighted by atomic mass is 10.1. The lowest BCUT2D eigenvalue weighted by Crippen LogP contribution is -2.26. The van der Waals surface area contributed by atoms with E-state index < -0.39 is 0 Å². The number of nitrogens with one attached hydrogen (secondary N) is 2. The van der Waals surface area contributed by atoms with Gasteiger partial charge in [0.15, 0.2) is 0 Å². The number of carbonyl (C=O) groups is 2. The van der Waals surface area contributed by atoms with E-state index in [-0.39, 0.29) is 23.8 Å². The SMILES string of the molecule is Cc1ccc(C(C)NC(=O)c2ccc(NC(=O)C3CC3C)cc2)cc1. The highest BCUT2D eigenvalue weighted by Gasteiger charge is 2.39. The third-order valence-electron chi connectivity index (χ3n) is 4.79. The van der Waals surface area contributed by atoms with Crippen molar-refractivity contribution in [1.82, 2.24) is 5.32 Å². The third kappa shape index (κ3) is 4.27. The first kappa shape index (κ1) is 17.2. The highest BCUT2D eigenvalue weighted by atomic mass is 16.2. The Morgan fingerprint density at radius 3 is 2.20 bits per heavy atom. The maximum atomic E-state index is 12.4. The number of aryl methyl sites for hydroxylation is 1. The summed E-state index contributed by atoms with van der Waals surface area (Å²) in [6, 6.07) is 15.1. The molecular formula is C21H24N2O2. The highest BCUT2D eigenvalue weighted by molar-refractivity contribution is 5.97. The molecule has 0 bridgehead atoms. The fourth-order valence-corrected chi connectivity index (χ4v) is 2.85. The molecule has 0 saturated heterocycles. The van der Waals surface area contributed by atoms with Crippen molar-refractivity contribution in [2.45, 2.75) is 33.2 Å². The van der Waals surface area contributed by atoms with Gasteiger partial charge in [-0.3, -0.25) is 9.59 Å². The first-order valence-corrected chi connectivity index (χ1v) is 8.72. The second-order valence-electron chi connectivity index (χ2n) is 6.99. The quantitative estimate of drug-likeness (QED) is 0.864. The molecule has 2 amide bonds. The van der Waals surface area contributed by atoms with Gasteiger partial charge < -0.3 is 10.6 Å². The van der Waals surface area contributed by atoms with Gasteiger partial charge in [-0.15, -0.1) is 0 Å². The van der Waals surface area contributed by atoms with Crippen LogP contribution in [0, 0.1) is 18.8 Å². The van der Waals surface area contributed by atoms with Gasteiger partial charge in [-0.1, -0.05) is 36.8 Å². The lowest BCUT2D eigenvalue weighted by molar-refractivity contribution is -0.117. The van der Waals surface area contributed by atoms with Gasteiger partial charge in [-0.25, -0.2) is 0 Å². The fourth-order valence-electron chi connectivity index (χ4n) is 2.85. The van der Waals surface area contributed by atoms with Crippen LogP contribution in [-0.2, 0) is 4.79 Å². The summed E-state index contributed by atoms with van der Waals surface area (Å²) in [7, 11) is 0. The molecular weight excluding hydrogens is 312 g/mol. The zero-order valence-corrected chi connectivity index (χ0v) is 14.9. The van der Waals surface area contributed by atoms with E-state index in [1.807, 2.05) is 38.1 Å². The Hall–Kier alpha value is -2.62. The highest BCUT2D eigenvalue weighted by Crippen LogP contribution is 2.38. The van der Waals surface area contributed by atoms with Crippen molar-refractivity contribution < 1.29 is 9.59 Å². The molecule has 0 aliphatic heterocycles. The number of benzene rings is 2. The molecule has 2 N–H and O–H groups in total. The van der Waals surface area contributed by atoms with Gasteiger partial charge in [0, 0.05) is 17.2 Å². The van der Waals surface area contributed by atoms with Gasteiger partial charge in [0.2, 0.25) is 5.91 Å². The summed E-state index contributed by atoms with van der Waals surface area (Å²) in [5.41, 5.74) is 3.57. The molecule has 4 nitrogen and oxygen atoms in total. The van der Waals surface area contributed by atoms with Gasteiger partial charge in [-0.05, 0) is 56.0 Å². The van der Waals surface area contributed by atoms with E-state index in [9.17, 15) is 9.59 Å². The fraction of sp³-hybridized carbons (Fsp3) is 0.333. The molecule has 4 heteroatoms. The molecule has 3 rings (SSSR count). The summed E-state index contributed by atoms with van der Waals surface area (Å²) in [5.74, 6) is 0.561. The predicted molar refractivity (Wildman–Crippen MR) is 99.4 cm³/mol. The summed E-state index contributed by atoms with van der Waals surface area (Å²) < 4.78 is 0. The Balaban J connectivity index is 1.58. The van der Waals surface area contributed by atoms with Crippen molar-refractivity contribution >= 4 is 17.5 Å². The normalized spacial score (nSPS) is 19.8. The number of carbonyl (C=O) groups excluding carboxylic acids is 2. The van der Waals surface area contributed by atoms with Crippen LogP contribution in [0.25, 0.3) is 0 Å². The molecule has 1 fully saturated rings. The molecule has 3 unspecified atom stereocenters. The molecule has 0 radical (unpaired) electrons. The van der Waals surface area contributed by atoms with E-state index in [2.05, 4.69) is 17.6 Å². The van der Waals surface area contributed by atoms with Crippen LogP contribution in [0.5, 0.6) is 0 Å². The van der Waals surface area contributed by atoms with E-state index in [0.29, 0.717) is 11.5 Å². The molecule has 3 atom stereocenters. The second kappa shape index (κ2) is 7.09. The number of anilines is 1. The van der Waals surface area contributed by atoms with Crippen LogP contribution >= 0.6 is 0 Å². The Labute approximate surface area is 148 Å². The van der Waals surface area contributed by atoms with Crippen LogP contribution in [0.4, 0.5) is 5.69 Å². The summed E-state index contributed by atoms with van der Waals surface area (Å²) in [6.07, 6.45) is 0.962. The molecule has 2 aromatic rings. The van der Waals surface area contributed by atoms with Crippen molar-refractivity contribution in [3.8, 4) is 0 Å². The summed E-state index contributed by atoms with van der Waals surface area (Å²) in [5, 5.41) is 5.90. The largest absolute Gasteiger partial charge is 0.346 e. The monoisotopic (exact) mass is 336 g/mol. The Kier molecular flexibility index (Phi) is 4.88. The topological polar surface area (TPSA) is 58.2 Å². The van der Waals surface area contributed by atoms with Gasteiger partial charge in [0.25, 0.3) is 5.91 Å². The van der Waals surface area contributed by atoms with Crippen LogP contribution in [0.15, 0.2) is 48.5 Å². The maximum Gasteiger partial charge on any atom is 0.251 e. The standard InChI is InChI=1S/C21H24N2O2/c1-13-4-6-16(7-5-13)15(3)22-20(24)17-8-10-18(11-9-17)23-21(25)19-12-14(19)2/h4-11,14-15,19H,12H2,1-3H3,(H,22,24)(H,23,25). The van der Waals surface area contributed by atoms with Crippen molar-refractivity contribution in [2.24, 2.45) is 11.8 Å². The Morgan fingerprint density at radius 1 is 1.04 bits per heavy atom. The van der Waals surface area contributed by atoms with E-state index in [1.165, 1.54) is 5.56 Å². The zero-order valence-electron chi connectivity index (χ0n) is 14.9. The zero-order chi connectivity index (χ0) is 18.0. The van der Waals surface area contributed by atoms with Crippen LogP contribution in [-0.4, -0.2) is 11.8 Å². The summed E-state index contributed by atoms with van der Waals surface area (Å²) in [4.78, 5) is 24.3. The van der Waals surface area contributed by atoms with Crippen LogP contribution in [0.2, 0.25) is 0 Å².